The highest BCUT2D eigenvalue weighted by molar-refractivity contribution is 5.76. The van der Waals surface area contributed by atoms with Crippen LogP contribution >= 0.6 is 0 Å². The van der Waals surface area contributed by atoms with Gasteiger partial charge in [-0.05, 0) is 74.7 Å². The van der Waals surface area contributed by atoms with Gasteiger partial charge < -0.3 is 4.90 Å². The van der Waals surface area contributed by atoms with Crippen LogP contribution in [-0.2, 0) is 24.3 Å². The Labute approximate surface area is 174 Å². The Hall–Kier alpha value is -2.14. The second kappa shape index (κ2) is 9.57. The number of nitrogens with zero attached hydrogens (tertiary/aromatic N) is 4. The van der Waals surface area contributed by atoms with E-state index < -0.39 is 0 Å². The third kappa shape index (κ3) is 5.69. The number of aryl methyl sites for hydroxylation is 1. The van der Waals surface area contributed by atoms with Crippen LogP contribution in [0.1, 0.15) is 48.8 Å². The fourth-order valence-corrected chi connectivity index (χ4v) is 4.67. The van der Waals surface area contributed by atoms with Gasteiger partial charge in [0.2, 0.25) is 5.91 Å². The lowest BCUT2D eigenvalue weighted by molar-refractivity contribution is -0.133. The number of carbonyl (C=O) groups is 1. The lowest BCUT2D eigenvalue weighted by atomic mass is 9.90. The Kier molecular flexibility index (Phi) is 6.65. The van der Waals surface area contributed by atoms with E-state index in [1.807, 2.05) is 18.0 Å². The number of rotatable bonds is 6. The molecule has 5 nitrogen and oxygen atoms in total. The summed E-state index contributed by atoms with van der Waals surface area (Å²) in [6, 6.07) is 9.26. The highest BCUT2D eigenvalue weighted by Gasteiger charge is 2.23. The van der Waals surface area contributed by atoms with Gasteiger partial charge in [-0.2, -0.15) is 5.10 Å². The van der Waals surface area contributed by atoms with E-state index >= 15 is 0 Å². The molecule has 2 aromatic rings. The van der Waals surface area contributed by atoms with Crippen molar-refractivity contribution in [2.45, 2.75) is 58.5 Å². The monoisotopic (exact) mass is 394 g/mol. The second-order valence-electron chi connectivity index (χ2n) is 8.90. The molecule has 0 unspecified atom stereocenters. The van der Waals surface area contributed by atoms with Crippen LogP contribution in [0.25, 0.3) is 0 Å². The third-order valence-electron chi connectivity index (χ3n) is 6.43. The zero-order valence-corrected chi connectivity index (χ0v) is 17.7. The van der Waals surface area contributed by atoms with Crippen molar-refractivity contribution >= 4 is 5.91 Å². The number of hydrogen-bond donors (Lipinski definition) is 0. The van der Waals surface area contributed by atoms with Gasteiger partial charge in [-0.3, -0.25) is 14.4 Å². The van der Waals surface area contributed by atoms with Crippen LogP contribution in [0.4, 0.5) is 0 Å². The van der Waals surface area contributed by atoms with E-state index in [9.17, 15) is 4.79 Å². The van der Waals surface area contributed by atoms with Gasteiger partial charge in [-0.15, -0.1) is 0 Å². The average molecular weight is 395 g/mol. The molecule has 0 spiro atoms. The fourth-order valence-electron chi connectivity index (χ4n) is 4.67. The van der Waals surface area contributed by atoms with Crippen molar-refractivity contribution in [3.63, 3.8) is 0 Å². The molecule has 0 N–H and O–H groups in total. The van der Waals surface area contributed by atoms with Crippen molar-refractivity contribution in [3.8, 4) is 0 Å². The standard InChI is InChI=1S/C24H34N4O/c1-20-16-25-28(17-20)19-24(29)27-13-9-22(10-14-27)15-21-5-7-23(8-6-21)18-26-11-3-2-4-12-26/h5-8,16-17,22H,2-4,9-15,18-19H2,1H3. The summed E-state index contributed by atoms with van der Waals surface area (Å²) >= 11 is 0. The first-order valence-corrected chi connectivity index (χ1v) is 11.2. The minimum atomic E-state index is 0.189. The molecule has 5 heteroatoms. The van der Waals surface area contributed by atoms with Crippen LogP contribution in [0.2, 0.25) is 0 Å². The Balaban J connectivity index is 1.21. The molecule has 2 saturated heterocycles. The van der Waals surface area contributed by atoms with Crippen LogP contribution in [0, 0.1) is 12.8 Å². The highest BCUT2D eigenvalue weighted by Crippen LogP contribution is 2.23. The van der Waals surface area contributed by atoms with Crippen molar-refractivity contribution in [1.29, 1.82) is 0 Å². The molecule has 29 heavy (non-hydrogen) atoms. The largest absolute Gasteiger partial charge is 0.341 e. The molecule has 1 aromatic carbocycles. The maximum absolute atomic E-state index is 12.5. The summed E-state index contributed by atoms with van der Waals surface area (Å²) in [5.41, 5.74) is 3.97. The van der Waals surface area contributed by atoms with Crippen LogP contribution in [0.3, 0.4) is 0 Å². The van der Waals surface area contributed by atoms with E-state index in [1.54, 1.807) is 10.9 Å². The molecule has 2 aliphatic rings. The number of likely N-dealkylation sites (tertiary alicyclic amines) is 2. The summed E-state index contributed by atoms with van der Waals surface area (Å²) in [5, 5.41) is 4.23. The molecule has 0 atom stereocenters. The molecular formula is C24H34N4O. The second-order valence-corrected chi connectivity index (χ2v) is 8.90. The maximum Gasteiger partial charge on any atom is 0.244 e. The number of benzene rings is 1. The summed E-state index contributed by atoms with van der Waals surface area (Å²) in [6.45, 7) is 7.69. The van der Waals surface area contributed by atoms with Crippen molar-refractivity contribution in [3.05, 3.63) is 53.3 Å². The van der Waals surface area contributed by atoms with Gasteiger partial charge in [-0.25, -0.2) is 0 Å². The Morgan fingerprint density at radius 2 is 1.69 bits per heavy atom. The van der Waals surface area contributed by atoms with Gasteiger partial charge >= 0.3 is 0 Å². The van der Waals surface area contributed by atoms with Crippen LogP contribution in [0.5, 0.6) is 0 Å². The lowest BCUT2D eigenvalue weighted by Crippen LogP contribution is -2.40. The van der Waals surface area contributed by atoms with Gasteiger partial charge in [0.1, 0.15) is 6.54 Å². The Morgan fingerprint density at radius 1 is 1.00 bits per heavy atom. The predicted molar refractivity (Wildman–Crippen MR) is 116 cm³/mol. The van der Waals surface area contributed by atoms with E-state index in [4.69, 9.17) is 0 Å². The zero-order chi connectivity index (χ0) is 20.1. The molecule has 3 heterocycles. The van der Waals surface area contributed by atoms with E-state index in [0.29, 0.717) is 12.5 Å². The predicted octanol–water partition coefficient (Wildman–Crippen LogP) is 3.66. The third-order valence-corrected chi connectivity index (χ3v) is 6.43. The molecule has 0 bridgehead atoms. The first-order valence-electron chi connectivity index (χ1n) is 11.2. The maximum atomic E-state index is 12.5. The summed E-state index contributed by atoms with van der Waals surface area (Å²) in [7, 11) is 0. The minimum Gasteiger partial charge on any atom is -0.341 e. The van der Waals surface area contributed by atoms with E-state index in [0.717, 1.165) is 44.5 Å². The van der Waals surface area contributed by atoms with Gasteiger partial charge in [0, 0.05) is 25.8 Å². The molecule has 2 aliphatic heterocycles. The molecule has 2 fully saturated rings. The fraction of sp³-hybridized carbons (Fsp3) is 0.583. The number of hydrogen-bond acceptors (Lipinski definition) is 3. The number of carbonyl (C=O) groups excluding carboxylic acids is 1. The zero-order valence-electron chi connectivity index (χ0n) is 17.7. The molecule has 0 radical (unpaired) electrons. The molecule has 0 aliphatic carbocycles. The van der Waals surface area contributed by atoms with Gasteiger partial charge in [-0.1, -0.05) is 30.7 Å². The summed E-state index contributed by atoms with van der Waals surface area (Å²) in [6.07, 6.45) is 11.1. The molecular weight excluding hydrogens is 360 g/mol. The van der Waals surface area contributed by atoms with Gasteiger partial charge in [0.25, 0.3) is 0 Å². The summed E-state index contributed by atoms with van der Waals surface area (Å²) in [5.74, 6) is 0.868. The topological polar surface area (TPSA) is 41.4 Å². The van der Waals surface area contributed by atoms with Crippen LogP contribution < -0.4 is 0 Å². The smallest absolute Gasteiger partial charge is 0.244 e. The molecule has 1 aromatic heterocycles. The first-order chi connectivity index (χ1) is 14.2. The van der Waals surface area contributed by atoms with E-state index in [2.05, 4.69) is 34.3 Å². The molecule has 0 saturated carbocycles. The number of piperidine rings is 2. The van der Waals surface area contributed by atoms with E-state index in [1.165, 1.54) is 43.5 Å². The van der Waals surface area contributed by atoms with Gasteiger partial charge in [0.05, 0.1) is 6.20 Å². The summed E-state index contributed by atoms with van der Waals surface area (Å²) < 4.78 is 1.75. The molecule has 4 rings (SSSR count). The normalized spacial score (nSPS) is 18.9. The van der Waals surface area contributed by atoms with Gasteiger partial charge in [0.15, 0.2) is 0 Å². The number of amides is 1. The quantitative estimate of drug-likeness (QED) is 0.751. The minimum absolute atomic E-state index is 0.189. The van der Waals surface area contributed by atoms with Crippen molar-refractivity contribution in [2.24, 2.45) is 5.92 Å². The Bertz CT molecular complexity index is 783. The van der Waals surface area contributed by atoms with Crippen LogP contribution in [-0.4, -0.2) is 51.7 Å². The Morgan fingerprint density at radius 3 is 2.34 bits per heavy atom. The molecule has 156 valence electrons. The highest BCUT2D eigenvalue weighted by atomic mass is 16.2. The van der Waals surface area contributed by atoms with E-state index in [-0.39, 0.29) is 5.91 Å². The van der Waals surface area contributed by atoms with Crippen LogP contribution in [0.15, 0.2) is 36.7 Å². The molecule has 1 amide bonds. The summed E-state index contributed by atoms with van der Waals surface area (Å²) in [4.78, 5) is 17.1. The SMILES string of the molecule is Cc1cnn(CC(=O)N2CCC(Cc3ccc(CN4CCCCC4)cc3)CC2)c1. The van der Waals surface area contributed by atoms with Crippen molar-refractivity contribution in [2.75, 3.05) is 26.2 Å². The van der Waals surface area contributed by atoms with Crippen molar-refractivity contribution < 1.29 is 4.79 Å². The number of aromatic nitrogens is 2. The first kappa shape index (κ1) is 20.1. The average Bonchev–Trinajstić information content (AvgIpc) is 3.15. The van der Waals surface area contributed by atoms with Crippen molar-refractivity contribution in [1.82, 2.24) is 19.6 Å². The lowest BCUT2D eigenvalue weighted by Gasteiger charge is -2.32.